The highest BCUT2D eigenvalue weighted by Gasteiger charge is 2.19. The molecule has 0 heterocycles. The van der Waals surface area contributed by atoms with E-state index in [1.165, 1.54) is 25.7 Å². The summed E-state index contributed by atoms with van der Waals surface area (Å²) in [6.07, 6.45) is 5.92. The SMILES string of the molecule is CC.CC.CC.CC1CCC(C(C)C)CC1. The molecular weight excluding hydrogens is 192 g/mol. The van der Waals surface area contributed by atoms with Crippen molar-refractivity contribution in [2.75, 3.05) is 0 Å². The lowest BCUT2D eigenvalue weighted by atomic mass is 9.78. The monoisotopic (exact) mass is 230 g/mol. The van der Waals surface area contributed by atoms with Crippen LogP contribution in [0.2, 0.25) is 0 Å². The molecular formula is C16H38. The quantitative estimate of drug-likeness (QED) is 0.479. The molecule has 0 N–H and O–H groups in total. The molecule has 1 fully saturated rings. The summed E-state index contributed by atoms with van der Waals surface area (Å²) >= 11 is 0. The first-order valence-corrected chi connectivity index (χ1v) is 7.70. The predicted octanol–water partition coefficient (Wildman–Crippen LogP) is 6.55. The molecule has 0 aromatic heterocycles. The molecule has 0 radical (unpaired) electrons. The van der Waals surface area contributed by atoms with Gasteiger partial charge >= 0.3 is 0 Å². The summed E-state index contributed by atoms with van der Waals surface area (Å²) in [5, 5.41) is 0. The Labute approximate surface area is 106 Å². The van der Waals surface area contributed by atoms with Gasteiger partial charge in [-0.1, -0.05) is 75.2 Å². The van der Waals surface area contributed by atoms with E-state index >= 15 is 0 Å². The van der Waals surface area contributed by atoms with Gasteiger partial charge in [-0.05, 0) is 30.6 Å². The summed E-state index contributed by atoms with van der Waals surface area (Å²) in [4.78, 5) is 0. The minimum Gasteiger partial charge on any atom is -0.0683 e. The van der Waals surface area contributed by atoms with Crippen LogP contribution in [-0.2, 0) is 0 Å². The summed E-state index contributed by atoms with van der Waals surface area (Å²) in [6, 6.07) is 0. The Kier molecular flexibility index (Phi) is 23.2. The predicted molar refractivity (Wildman–Crippen MR) is 80.0 cm³/mol. The van der Waals surface area contributed by atoms with Crippen LogP contribution in [0.3, 0.4) is 0 Å². The molecule has 0 amide bonds. The smallest absolute Gasteiger partial charge is 0.0391 e. The van der Waals surface area contributed by atoms with Gasteiger partial charge in [0, 0.05) is 0 Å². The van der Waals surface area contributed by atoms with Crippen LogP contribution in [0.5, 0.6) is 0 Å². The highest BCUT2D eigenvalue weighted by molar-refractivity contribution is 4.71. The summed E-state index contributed by atoms with van der Waals surface area (Å²) in [5.74, 6) is 2.97. The first-order chi connectivity index (χ1) is 7.70. The molecule has 102 valence electrons. The van der Waals surface area contributed by atoms with Gasteiger partial charge in [0.2, 0.25) is 0 Å². The van der Waals surface area contributed by atoms with Gasteiger partial charge < -0.3 is 0 Å². The van der Waals surface area contributed by atoms with Crippen molar-refractivity contribution in [3.05, 3.63) is 0 Å². The largest absolute Gasteiger partial charge is 0.0683 e. The molecule has 0 aromatic carbocycles. The van der Waals surface area contributed by atoms with Crippen LogP contribution < -0.4 is 0 Å². The van der Waals surface area contributed by atoms with E-state index in [1.807, 2.05) is 41.5 Å². The average molecular weight is 230 g/mol. The van der Waals surface area contributed by atoms with Crippen molar-refractivity contribution in [1.82, 2.24) is 0 Å². The lowest BCUT2D eigenvalue weighted by molar-refractivity contribution is 0.234. The molecule has 0 unspecified atom stereocenters. The van der Waals surface area contributed by atoms with E-state index in [2.05, 4.69) is 20.8 Å². The van der Waals surface area contributed by atoms with Crippen LogP contribution in [0, 0.1) is 17.8 Å². The van der Waals surface area contributed by atoms with E-state index in [4.69, 9.17) is 0 Å². The van der Waals surface area contributed by atoms with Crippen molar-refractivity contribution >= 4 is 0 Å². The average Bonchev–Trinajstić information content (AvgIpc) is 2.37. The first kappa shape index (κ1) is 21.3. The van der Waals surface area contributed by atoms with Crippen LogP contribution >= 0.6 is 0 Å². The second kappa shape index (κ2) is 17.4. The molecule has 1 aliphatic rings. The van der Waals surface area contributed by atoms with Crippen LogP contribution in [-0.4, -0.2) is 0 Å². The lowest BCUT2D eigenvalue weighted by Crippen LogP contribution is -2.16. The zero-order valence-corrected chi connectivity index (χ0v) is 13.6. The topological polar surface area (TPSA) is 0 Å². The van der Waals surface area contributed by atoms with E-state index in [-0.39, 0.29) is 0 Å². The lowest BCUT2D eigenvalue weighted by Gasteiger charge is -2.28. The van der Waals surface area contributed by atoms with Gasteiger partial charge in [-0.3, -0.25) is 0 Å². The number of rotatable bonds is 1. The van der Waals surface area contributed by atoms with Gasteiger partial charge in [0.1, 0.15) is 0 Å². The third-order valence-electron chi connectivity index (χ3n) is 3.00. The standard InChI is InChI=1S/C10H20.3C2H6/c1-8(2)10-6-4-9(3)5-7-10;3*1-2/h8-10H,4-7H2,1-3H3;3*1-2H3. The van der Waals surface area contributed by atoms with Gasteiger partial charge in [-0.2, -0.15) is 0 Å². The molecule has 0 bridgehead atoms. The van der Waals surface area contributed by atoms with E-state index in [9.17, 15) is 0 Å². The van der Waals surface area contributed by atoms with Crippen molar-refractivity contribution in [2.45, 2.75) is 88.0 Å². The fraction of sp³-hybridized carbons (Fsp3) is 1.00. The highest BCUT2D eigenvalue weighted by Crippen LogP contribution is 2.32. The Hall–Kier alpha value is 0. The number of hydrogen-bond acceptors (Lipinski definition) is 0. The van der Waals surface area contributed by atoms with Crippen LogP contribution in [0.1, 0.15) is 88.0 Å². The normalized spacial score (nSPS) is 22.9. The molecule has 0 heteroatoms. The maximum Gasteiger partial charge on any atom is -0.0391 e. The Balaban J connectivity index is -0.000000245. The molecule has 1 rings (SSSR count). The molecule has 0 nitrogen and oxygen atoms in total. The molecule has 0 spiro atoms. The van der Waals surface area contributed by atoms with Crippen molar-refractivity contribution in [2.24, 2.45) is 17.8 Å². The van der Waals surface area contributed by atoms with E-state index < -0.39 is 0 Å². The van der Waals surface area contributed by atoms with E-state index in [1.54, 1.807) is 0 Å². The summed E-state index contributed by atoms with van der Waals surface area (Å²) < 4.78 is 0. The molecule has 0 aromatic rings. The maximum atomic E-state index is 2.39. The molecule has 0 atom stereocenters. The Morgan fingerprint density at radius 1 is 0.688 bits per heavy atom. The zero-order valence-electron chi connectivity index (χ0n) is 13.6. The van der Waals surface area contributed by atoms with Crippen molar-refractivity contribution < 1.29 is 0 Å². The molecule has 1 aliphatic carbocycles. The summed E-state index contributed by atoms with van der Waals surface area (Å²) in [6.45, 7) is 19.1. The minimum absolute atomic E-state index is 0.924. The number of hydrogen-bond donors (Lipinski definition) is 0. The van der Waals surface area contributed by atoms with Crippen molar-refractivity contribution in [3.8, 4) is 0 Å². The van der Waals surface area contributed by atoms with Crippen LogP contribution in [0.25, 0.3) is 0 Å². The third kappa shape index (κ3) is 12.1. The van der Waals surface area contributed by atoms with Gasteiger partial charge in [-0.25, -0.2) is 0 Å². The molecule has 0 aliphatic heterocycles. The Morgan fingerprint density at radius 2 is 1.00 bits per heavy atom. The molecule has 16 heavy (non-hydrogen) atoms. The first-order valence-electron chi connectivity index (χ1n) is 7.70. The zero-order chi connectivity index (χ0) is 13.6. The Bertz CT molecular complexity index is 86.2. The van der Waals surface area contributed by atoms with Crippen LogP contribution in [0.15, 0.2) is 0 Å². The van der Waals surface area contributed by atoms with Gasteiger partial charge in [0.05, 0.1) is 0 Å². The maximum absolute atomic E-state index is 2.39. The van der Waals surface area contributed by atoms with Gasteiger partial charge in [-0.15, -0.1) is 0 Å². The molecule has 1 saturated carbocycles. The van der Waals surface area contributed by atoms with Crippen molar-refractivity contribution in [1.29, 1.82) is 0 Å². The van der Waals surface area contributed by atoms with Crippen molar-refractivity contribution in [3.63, 3.8) is 0 Å². The van der Waals surface area contributed by atoms with E-state index in [0.29, 0.717) is 0 Å². The Morgan fingerprint density at radius 3 is 1.25 bits per heavy atom. The summed E-state index contributed by atoms with van der Waals surface area (Å²) in [7, 11) is 0. The second-order valence-electron chi connectivity index (χ2n) is 4.26. The van der Waals surface area contributed by atoms with Gasteiger partial charge in [0.15, 0.2) is 0 Å². The fourth-order valence-corrected chi connectivity index (χ4v) is 1.95. The van der Waals surface area contributed by atoms with Gasteiger partial charge in [0.25, 0.3) is 0 Å². The third-order valence-corrected chi connectivity index (χ3v) is 3.00. The second-order valence-corrected chi connectivity index (χ2v) is 4.26. The minimum atomic E-state index is 0.924. The highest BCUT2D eigenvalue weighted by atomic mass is 14.3. The molecule has 0 saturated heterocycles. The van der Waals surface area contributed by atoms with Crippen LogP contribution in [0.4, 0.5) is 0 Å². The fourth-order valence-electron chi connectivity index (χ4n) is 1.95. The van der Waals surface area contributed by atoms with E-state index in [0.717, 1.165) is 17.8 Å². The summed E-state index contributed by atoms with van der Waals surface area (Å²) in [5.41, 5.74) is 0.